The van der Waals surface area contributed by atoms with E-state index in [4.69, 9.17) is 24.4 Å². The van der Waals surface area contributed by atoms with Crippen LogP contribution in [0.15, 0.2) is 11.1 Å². The van der Waals surface area contributed by atoms with Gasteiger partial charge in [0.15, 0.2) is 0 Å². The molecule has 0 amide bonds. The smallest absolute Gasteiger partial charge is 0.139 e. The molecule has 10 heavy (non-hydrogen) atoms. The van der Waals surface area contributed by atoms with Crippen molar-refractivity contribution in [1.29, 1.82) is 0 Å². The summed E-state index contributed by atoms with van der Waals surface area (Å²) in [6, 6.07) is 0. The van der Waals surface area contributed by atoms with Crippen LogP contribution in [-0.2, 0) is 7.05 Å². The molecule has 54 valence electrons. The average Bonchev–Trinajstić information content (AvgIpc) is 1.93. The Morgan fingerprint density at radius 2 is 2.20 bits per heavy atom. The summed E-state index contributed by atoms with van der Waals surface area (Å²) in [7, 11) is 1.81. The number of aromatic nitrogens is 2. The predicted octanol–water partition coefficient (Wildman–Crippen LogP) is 2.10. The van der Waals surface area contributed by atoms with E-state index >= 15 is 0 Å². The normalized spacial score (nSPS) is 9.80. The Balaban J connectivity index is 3.67. The highest BCUT2D eigenvalue weighted by Gasteiger charge is 1.91. The molecule has 0 aliphatic rings. The fourth-order valence-electron chi connectivity index (χ4n) is 0.544. The van der Waals surface area contributed by atoms with Crippen LogP contribution in [0.25, 0.3) is 0 Å². The summed E-state index contributed by atoms with van der Waals surface area (Å²) < 4.78 is 2.92. The summed E-state index contributed by atoms with van der Waals surface area (Å²) in [4.78, 5) is 0.720. The molecule has 0 radical (unpaired) electrons. The maximum atomic E-state index is 4.96. The number of nitrogens with zero attached hydrogens (tertiary/aromatic N) is 1. The molecule has 0 aliphatic carbocycles. The van der Waals surface area contributed by atoms with Crippen molar-refractivity contribution in [1.82, 2.24) is 9.78 Å². The molecular formula is C5H6N2S3. The lowest BCUT2D eigenvalue weighted by atomic mass is 10.6. The van der Waals surface area contributed by atoms with Gasteiger partial charge in [-0.1, -0.05) is 24.4 Å². The molecule has 0 spiro atoms. The molecule has 1 N–H and O–H groups in total. The van der Waals surface area contributed by atoms with Crippen LogP contribution in [0.5, 0.6) is 0 Å². The third-order valence-corrected chi connectivity index (χ3v) is 2.65. The van der Waals surface area contributed by atoms with Crippen molar-refractivity contribution in [2.75, 3.05) is 0 Å². The highest BCUT2D eigenvalue weighted by atomic mass is 32.1. The second-order valence-electron chi connectivity index (χ2n) is 1.85. The van der Waals surface area contributed by atoms with Gasteiger partial charge in [0, 0.05) is 18.1 Å². The van der Waals surface area contributed by atoms with Crippen molar-refractivity contribution < 1.29 is 0 Å². The monoisotopic (exact) mass is 190 g/mol. The lowest BCUT2D eigenvalue weighted by Gasteiger charge is -1.98. The second kappa shape index (κ2) is 2.86. The quantitative estimate of drug-likeness (QED) is 0.483. The number of rotatable bonds is 0. The maximum Gasteiger partial charge on any atom is 0.139 e. The fourth-order valence-corrected chi connectivity index (χ4v) is 1.14. The maximum absolute atomic E-state index is 4.96. The fraction of sp³-hybridized carbons (Fsp3) is 0.200. The second-order valence-corrected chi connectivity index (χ2v) is 3.13. The summed E-state index contributed by atoms with van der Waals surface area (Å²) in [6.45, 7) is 0. The first kappa shape index (κ1) is 7.97. The standard InChI is InChI=1S/C5H6N2S3/c1-7-5(10)4(9)3(8)2-6-7/h2,6,8H,1H3. The average molecular weight is 190 g/mol. The van der Waals surface area contributed by atoms with Gasteiger partial charge in [0.2, 0.25) is 0 Å². The van der Waals surface area contributed by atoms with Gasteiger partial charge in [0.25, 0.3) is 0 Å². The van der Waals surface area contributed by atoms with Crippen LogP contribution in [-0.4, -0.2) is 9.78 Å². The van der Waals surface area contributed by atoms with Gasteiger partial charge in [0.1, 0.15) is 4.64 Å². The van der Waals surface area contributed by atoms with Gasteiger partial charge in [0.05, 0.1) is 4.51 Å². The van der Waals surface area contributed by atoms with Crippen molar-refractivity contribution in [3.8, 4) is 0 Å². The van der Waals surface area contributed by atoms with Gasteiger partial charge in [-0.2, -0.15) is 0 Å². The number of thiol groups is 1. The van der Waals surface area contributed by atoms with Crippen LogP contribution in [0.2, 0.25) is 0 Å². The molecule has 1 aromatic heterocycles. The van der Waals surface area contributed by atoms with Crippen LogP contribution >= 0.6 is 37.1 Å². The predicted molar refractivity (Wildman–Crippen MR) is 48.7 cm³/mol. The van der Waals surface area contributed by atoms with Crippen LogP contribution in [0.1, 0.15) is 0 Å². The Morgan fingerprint density at radius 3 is 2.70 bits per heavy atom. The highest BCUT2D eigenvalue weighted by molar-refractivity contribution is 7.81. The van der Waals surface area contributed by atoms with Gasteiger partial charge in [-0.25, -0.2) is 0 Å². The lowest BCUT2D eigenvalue weighted by Crippen LogP contribution is -1.97. The van der Waals surface area contributed by atoms with E-state index in [0.717, 1.165) is 4.90 Å². The molecule has 0 bridgehead atoms. The van der Waals surface area contributed by atoms with E-state index in [9.17, 15) is 0 Å². The van der Waals surface area contributed by atoms with Gasteiger partial charge in [-0.05, 0) is 0 Å². The van der Waals surface area contributed by atoms with E-state index < -0.39 is 0 Å². The topological polar surface area (TPSA) is 20.7 Å². The van der Waals surface area contributed by atoms with Crippen molar-refractivity contribution in [2.45, 2.75) is 4.90 Å². The van der Waals surface area contributed by atoms with E-state index in [1.54, 1.807) is 10.9 Å². The Kier molecular flexibility index (Phi) is 2.28. The number of aromatic amines is 1. The van der Waals surface area contributed by atoms with Crippen molar-refractivity contribution in [2.24, 2.45) is 7.05 Å². The highest BCUT2D eigenvalue weighted by Crippen LogP contribution is 2.05. The van der Waals surface area contributed by atoms with E-state index in [1.807, 2.05) is 7.05 Å². The van der Waals surface area contributed by atoms with Crippen LogP contribution < -0.4 is 0 Å². The largest absolute Gasteiger partial charge is 0.304 e. The molecule has 0 atom stereocenters. The molecular weight excluding hydrogens is 184 g/mol. The molecule has 1 rings (SSSR count). The SMILES string of the molecule is Cn1[nH]cc(S)c(=S)c1=S. The molecule has 0 aromatic carbocycles. The first-order valence-electron chi connectivity index (χ1n) is 2.60. The summed E-state index contributed by atoms with van der Waals surface area (Å²) in [5.41, 5.74) is 0. The van der Waals surface area contributed by atoms with E-state index in [2.05, 4.69) is 17.7 Å². The number of hydrogen-bond acceptors (Lipinski definition) is 3. The summed E-state index contributed by atoms with van der Waals surface area (Å²) in [5, 5.41) is 2.88. The number of hydrogen-bond donors (Lipinski definition) is 2. The van der Waals surface area contributed by atoms with Gasteiger partial charge in [-0.3, -0.25) is 4.68 Å². The Bertz CT molecular complexity index is 314. The Morgan fingerprint density at radius 1 is 1.60 bits per heavy atom. The minimum absolute atomic E-state index is 0.613. The van der Waals surface area contributed by atoms with Crippen molar-refractivity contribution >= 4 is 37.1 Å². The van der Waals surface area contributed by atoms with E-state index in [0.29, 0.717) is 9.15 Å². The molecule has 0 unspecified atom stereocenters. The summed E-state index contributed by atoms with van der Waals surface area (Å²) >= 11 is 14.0. The first-order valence-corrected chi connectivity index (χ1v) is 3.87. The van der Waals surface area contributed by atoms with E-state index in [1.165, 1.54) is 0 Å². The summed E-state index contributed by atoms with van der Waals surface area (Å²) in [5.74, 6) is 0. The molecule has 1 aromatic rings. The molecule has 2 nitrogen and oxygen atoms in total. The van der Waals surface area contributed by atoms with Crippen molar-refractivity contribution in [3.05, 3.63) is 15.3 Å². The van der Waals surface area contributed by atoms with Crippen LogP contribution in [0.3, 0.4) is 0 Å². The third kappa shape index (κ3) is 1.31. The minimum atomic E-state index is 0.613. The Labute approximate surface area is 74.3 Å². The zero-order valence-corrected chi connectivity index (χ0v) is 7.82. The zero-order chi connectivity index (χ0) is 7.72. The van der Waals surface area contributed by atoms with E-state index in [-0.39, 0.29) is 0 Å². The number of H-pyrrole nitrogens is 1. The molecule has 0 saturated carbocycles. The first-order chi connectivity index (χ1) is 4.63. The molecule has 5 heteroatoms. The van der Waals surface area contributed by atoms with Crippen molar-refractivity contribution in [3.63, 3.8) is 0 Å². The molecule has 0 fully saturated rings. The van der Waals surface area contributed by atoms with Gasteiger partial charge in [-0.15, -0.1) is 12.6 Å². The molecule has 1 heterocycles. The lowest BCUT2D eigenvalue weighted by molar-refractivity contribution is 0.712. The summed E-state index contributed by atoms with van der Waals surface area (Å²) in [6.07, 6.45) is 1.71. The zero-order valence-electron chi connectivity index (χ0n) is 5.29. The van der Waals surface area contributed by atoms with Gasteiger partial charge >= 0.3 is 0 Å². The number of nitrogens with one attached hydrogen (secondary N) is 1. The van der Waals surface area contributed by atoms with Gasteiger partial charge < -0.3 is 5.10 Å². The third-order valence-electron chi connectivity index (χ3n) is 1.13. The van der Waals surface area contributed by atoms with Crippen LogP contribution in [0.4, 0.5) is 0 Å². The number of aryl methyl sites for hydroxylation is 1. The Hall–Kier alpha value is -0.130. The molecule has 0 saturated heterocycles. The minimum Gasteiger partial charge on any atom is -0.304 e. The molecule has 0 aliphatic heterocycles. The van der Waals surface area contributed by atoms with Crippen LogP contribution in [0, 0.1) is 9.15 Å².